The number of nitrogens with zero attached hydrogens (tertiary/aromatic N) is 1. The summed E-state index contributed by atoms with van der Waals surface area (Å²) in [5.41, 5.74) is 0.429. The van der Waals surface area contributed by atoms with E-state index in [4.69, 9.17) is 34.8 Å². The van der Waals surface area contributed by atoms with E-state index in [1.54, 1.807) is 0 Å². The Morgan fingerprint density at radius 3 is 2.00 bits per heavy atom. The van der Waals surface area contributed by atoms with E-state index in [0.29, 0.717) is 6.54 Å². The first-order valence-corrected chi connectivity index (χ1v) is 9.30. The molecule has 1 aliphatic rings. The highest BCUT2D eigenvalue weighted by Crippen LogP contribution is 2.56. The lowest BCUT2D eigenvalue weighted by Crippen LogP contribution is -2.47. The van der Waals surface area contributed by atoms with E-state index in [-0.39, 0.29) is 12.3 Å². The molecule has 5 heteroatoms. The van der Waals surface area contributed by atoms with Crippen molar-refractivity contribution in [3.63, 3.8) is 0 Å². The zero-order valence-electron chi connectivity index (χ0n) is 14.2. The Bertz CT molecular complexity index is 756. The zero-order chi connectivity index (χ0) is 18.3. The Morgan fingerprint density at radius 1 is 0.960 bits per heavy atom. The maximum absolute atomic E-state index is 13.7. The first-order chi connectivity index (χ1) is 11.7. The molecule has 0 N–H and O–H groups in total. The van der Waals surface area contributed by atoms with Gasteiger partial charge < -0.3 is 4.90 Å². The van der Waals surface area contributed by atoms with Crippen molar-refractivity contribution in [3.8, 4) is 0 Å². The predicted octanol–water partition coefficient (Wildman–Crippen LogP) is 5.76. The van der Waals surface area contributed by atoms with Crippen molar-refractivity contribution in [1.82, 2.24) is 0 Å². The lowest BCUT2D eigenvalue weighted by molar-refractivity contribution is -0.124. The smallest absolute Gasteiger partial charge is 0.238 e. The summed E-state index contributed by atoms with van der Waals surface area (Å²) in [7, 11) is 0. The average Bonchev–Trinajstić information content (AvgIpc) is 2.76. The fourth-order valence-electron chi connectivity index (χ4n) is 3.89. The zero-order valence-corrected chi connectivity index (χ0v) is 16.4. The van der Waals surface area contributed by atoms with Gasteiger partial charge in [0.25, 0.3) is 0 Å². The van der Waals surface area contributed by atoms with Crippen molar-refractivity contribution in [3.05, 3.63) is 66.2 Å². The van der Waals surface area contributed by atoms with Crippen molar-refractivity contribution < 1.29 is 4.79 Å². The number of carbonyl (C=O) groups is 1. The highest BCUT2D eigenvalue weighted by atomic mass is 35.6. The third-order valence-corrected chi connectivity index (χ3v) is 5.52. The Labute approximate surface area is 163 Å². The number of amides is 1. The van der Waals surface area contributed by atoms with E-state index in [1.165, 1.54) is 0 Å². The first-order valence-electron chi connectivity index (χ1n) is 8.17. The molecule has 3 rings (SSSR count). The number of benzene rings is 2. The molecule has 0 radical (unpaired) electrons. The molecule has 1 saturated heterocycles. The molecular formula is C20H20Cl3NO. The van der Waals surface area contributed by atoms with Gasteiger partial charge in [0.05, 0.1) is 5.41 Å². The molecule has 0 spiro atoms. The molecule has 0 aromatic heterocycles. The lowest BCUT2D eigenvalue weighted by atomic mass is 9.62. The summed E-state index contributed by atoms with van der Waals surface area (Å²) in [6, 6.07) is 19.3. The summed E-state index contributed by atoms with van der Waals surface area (Å²) in [6.07, 6.45) is 0.129. The van der Waals surface area contributed by atoms with Gasteiger partial charge >= 0.3 is 0 Å². The van der Waals surface area contributed by atoms with Gasteiger partial charge in [0.15, 0.2) is 3.79 Å². The van der Waals surface area contributed by atoms with Crippen LogP contribution in [0.3, 0.4) is 0 Å². The fraction of sp³-hybridized carbons (Fsp3) is 0.350. The minimum absolute atomic E-state index is 0.0266. The number of hydrogen-bond donors (Lipinski definition) is 0. The second-order valence-electron chi connectivity index (χ2n) is 7.17. The molecule has 0 aliphatic carbocycles. The van der Waals surface area contributed by atoms with Crippen molar-refractivity contribution in [1.29, 1.82) is 0 Å². The van der Waals surface area contributed by atoms with Gasteiger partial charge in [0.1, 0.15) is 0 Å². The molecule has 0 bridgehead atoms. The van der Waals surface area contributed by atoms with Gasteiger partial charge in [-0.1, -0.05) is 97.2 Å². The number of rotatable bonds is 3. The highest BCUT2D eigenvalue weighted by molar-refractivity contribution is 6.67. The number of hydrogen-bond acceptors (Lipinski definition) is 1. The van der Waals surface area contributed by atoms with Crippen LogP contribution in [-0.2, 0) is 10.2 Å². The number of carbonyl (C=O) groups excluding carboxylic acids is 1. The molecule has 2 aromatic rings. The second kappa shape index (κ2) is 6.50. The maximum atomic E-state index is 13.7. The molecule has 1 fully saturated rings. The van der Waals surface area contributed by atoms with Crippen LogP contribution in [0, 0.1) is 5.41 Å². The van der Waals surface area contributed by atoms with Crippen LogP contribution in [0.15, 0.2) is 60.7 Å². The van der Waals surface area contributed by atoms with Crippen LogP contribution in [0.1, 0.15) is 25.8 Å². The Kier molecular flexibility index (Phi) is 4.83. The number of para-hydroxylation sites is 1. The maximum Gasteiger partial charge on any atom is 0.238 e. The monoisotopic (exact) mass is 395 g/mol. The largest absolute Gasteiger partial charge is 0.311 e. The Hall–Kier alpha value is -1.22. The summed E-state index contributed by atoms with van der Waals surface area (Å²) >= 11 is 18.6. The van der Waals surface area contributed by atoms with Crippen molar-refractivity contribution >= 4 is 46.4 Å². The van der Waals surface area contributed by atoms with Crippen molar-refractivity contribution in [2.24, 2.45) is 5.41 Å². The molecule has 132 valence electrons. The van der Waals surface area contributed by atoms with E-state index in [9.17, 15) is 4.79 Å². The van der Waals surface area contributed by atoms with Crippen LogP contribution in [0.2, 0.25) is 0 Å². The second-order valence-corrected chi connectivity index (χ2v) is 9.69. The minimum Gasteiger partial charge on any atom is -0.311 e. The summed E-state index contributed by atoms with van der Waals surface area (Å²) in [5, 5.41) is 0. The van der Waals surface area contributed by atoms with Crippen LogP contribution in [0.25, 0.3) is 0 Å². The molecule has 1 aliphatic heterocycles. The van der Waals surface area contributed by atoms with Crippen LogP contribution >= 0.6 is 34.8 Å². The average molecular weight is 397 g/mol. The molecule has 2 aromatic carbocycles. The standard InChI is InChI=1S/C20H20Cl3NO/c1-18(2)14-24(16-11-7-4-8-12-16)17(25)19(18,13-20(21,22)23)15-9-5-3-6-10-15/h3-12H,13-14H2,1-2H3. The van der Waals surface area contributed by atoms with Crippen LogP contribution < -0.4 is 4.90 Å². The summed E-state index contributed by atoms with van der Waals surface area (Å²) in [6.45, 7) is 4.69. The molecule has 2 nitrogen and oxygen atoms in total. The summed E-state index contributed by atoms with van der Waals surface area (Å²) in [4.78, 5) is 15.5. The molecule has 1 atom stereocenters. The highest BCUT2D eigenvalue weighted by Gasteiger charge is 2.62. The lowest BCUT2D eigenvalue weighted by Gasteiger charge is -2.40. The van der Waals surface area contributed by atoms with Gasteiger partial charge in [-0.15, -0.1) is 0 Å². The predicted molar refractivity (Wildman–Crippen MR) is 106 cm³/mol. The number of alkyl halides is 3. The molecule has 25 heavy (non-hydrogen) atoms. The third-order valence-electron chi connectivity index (χ3n) is 5.12. The van der Waals surface area contributed by atoms with Crippen LogP contribution in [-0.4, -0.2) is 16.2 Å². The first kappa shape index (κ1) is 18.6. The van der Waals surface area contributed by atoms with E-state index >= 15 is 0 Å². The molecule has 1 heterocycles. The molecular weight excluding hydrogens is 377 g/mol. The van der Waals surface area contributed by atoms with E-state index < -0.39 is 14.6 Å². The number of halogens is 3. The number of anilines is 1. The third kappa shape index (κ3) is 3.28. The van der Waals surface area contributed by atoms with Crippen molar-refractivity contribution in [2.45, 2.75) is 29.5 Å². The van der Waals surface area contributed by atoms with Crippen molar-refractivity contribution in [2.75, 3.05) is 11.4 Å². The van der Waals surface area contributed by atoms with E-state index in [2.05, 4.69) is 13.8 Å². The van der Waals surface area contributed by atoms with E-state index in [1.807, 2.05) is 65.6 Å². The van der Waals surface area contributed by atoms with Gasteiger partial charge in [-0.3, -0.25) is 4.79 Å². The summed E-state index contributed by atoms with van der Waals surface area (Å²) in [5.74, 6) is -0.0266. The van der Waals surface area contributed by atoms with E-state index in [0.717, 1.165) is 11.3 Å². The topological polar surface area (TPSA) is 20.3 Å². The van der Waals surface area contributed by atoms with Gasteiger partial charge in [-0.05, 0) is 17.7 Å². The molecule has 0 saturated carbocycles. The SMILES string of the molecule is CC1(C)CN(c2ccccc2)C(=O)C1(CC(Cl)(Cl)Cl)c1ccccc1. The normalized spacial score (nSPS) is 23.1. The minimum atomic E-state index is -1.53. The Morgan fingerprint density at radius 2 is 1.48 bits per heavy atom. The summed E-state index contributed by atoms with van der Waals surface area (Å²) < 4.78 is -1.53. The Balaban J connectivity index is 2.18. The quantitative estimate of drug-likeness (QED) is 0.604. The van der Waals surface area contributed by atoms with Gasteiger partial charge in [0.2, 0.25) is 5.91 Å². The van der Waals surface area contributed by atoms with Gasteiger partial charge in [-0.2, -0.15) is 0 Å². The van der Waals surface area contributed by atoms with Gasteiger partial charge in [-0.25, -0.2) is 0 Å². The van der Waals surface area contributed by atoms with Crippen LogP contribution in [0.5, 0.6) is 0 Å². The molecule has 1 unspecified atom stereocenters. The van der Waals surface area contributed by atoms with Gasteiger partial charge in [0, 0.05) is 24.1 Å². The van der Waals surface area contributed by atoms with Crippen LogP contribution in [0.4, 0.5) is 5.69 Å². The molecule has 1 amide bonds. The fourth-order valence-corrected chi connectivity index (χ4v) is 4.49.